The predicted octanol–water partition coefficient (Wildman–Crippen LogP) is 2.67. The highest BCUT2D eigenvalue weighted by atomic mass is 19.1. The number of rotatable bonds is 2. The van der Waals surface area contributed by atoms with Crippen molar-refractivity contribution in [2.45, 2.75) is 32.4 Å². The number of carbonyl (C=O) groups is 1. The molecule has 3 aliphatic heterocycles. The molecule has 5 rings (SSSR count). The van der Waals surface area contributed by atoms with Crippen molar-refractivity contribution < 1.29 is 9.18 Å². The molecule has 4 nitrogen and oxygen atoms in total. The number of piperidine rings is 1. The van der Waals surface area contributed by atoms with Crippen LogP contribution in [0.15, 0.2) is 18.2 Å². The largest absolute Gasteiger partial charge is 0.357 e. The Labute approximate surface area is 135 Å². The molecule has 0 unspecified atom stereocenters. The molecule has 2 aromatic rings. The van der Waals surface area contributed by atoms with E-state index in [1.807, 2.05) is 18.9 Å². The summed E-state index contributed by atoms with van der Waals surface area (Å²) in [6.07, 6.45) is 2.10. The van der Waals surface area contributed by atoms with Gasteiger partial charge in [-0.3, -0.25) is 9.69 Å². The van der Waals surface area contributed by atoms with Crippen molar-refractivity contribution in [1.29, 1.82) is 0 Å². The standard InChI is InChI=1S/C18H22FN3O/c1-11-15-7-13(19)4-6-16(15)20-17(11)10-22-8-12-3-5-14(9-22)21(2)18(12)23/h4,6-7,12,14,20H,3,5,8-10H2,1-2H3/t12-,14+/m1/s1. The maximum Gasteiger partial charge on any atom is 0.227 e. The lowest BCUT2D eigenvalue weighted by atomic mass is 9.95. The summed E-state index contributed by atoms with van der Waals surface area (Å²) >= 11 is 0. The molecule has 3 aliphatic rings. The fourth-order valence-corrected chi connectivity index (χ4v) is 4.11. The van der Waals surface area contributed by atoms with Gasteiger partial charge in [-0.2, -0.15) is 0 Å². The summed E-state index contributed by atoms with van der Waals surface area (Å²) in [5.74, 6) is 0.214. The van der Waals surface area contributed by atoms with Gasteiger partial charge in [0.1, 0.15) is 5.82 Å². The SMILES string of the molecule is Cc1c(CN2C[C@H]3CC[C@@H](C2)N(C)C3=O)[nH]c2ccc(F)cc12. The highest BCUT2D eigenvalue weighted by Crippen LogP contribution is 2.30. The van der Waals surface area contributed by atoms with E-state index in [9.17, 15) is 9.18 Å². The van der Waals surface area contributed by atoms with Gasteiger partial charge in [-0.05, 0) is 43.5 Å². The van der Waals surface area contributed by atoms with Crippen LogP contribution in [0.1, 0.15) is 24.1 Å². The minimum atomic E-state index is -0.203. The van der Waals surface area contributed by atoms with Crippen LogP contribution in [-0.2, 0) is 11.3 Å². The molecule has 23 heavy (non-hydrogen) atoms. The third-order valence-electron chi connectivity index (χ3n) is 5.55. The molecule has 2 atom stereocenters. The minimum Gasteiger partial charge on any atom is -0.357 e. The molecular formula is C18H22FN3O. The molecule has 0 spiro atoms. The molecule has 1 N–H and O–H groups in total. The van der Waals surface area contributed by atoms with Crippen molar-refractivity contribution in [2.75, 3.05) is 20.1 Å². The first-order valence-electron chi connectivity index (χ1n) is 8.28. The van der Waals surface area contributed by atoms with Gasteiger partial charge in [-0.25, -0.2) is 4.39 Å². The van der Waals surface area contributed by atoms with E-state index in [1.54, 1.807) is 12.1 Å². The van der Waals surface area contributed by atoms with Gasteiger partial charge < -0.3 is 9.88 Å². The first-order chi connectivity index (χ1) is 11.0. The Hall–Kier alpha value is -1.88. The highest BCUT2D eigenvalue weighted by Gasteiger charge is 2.38. The van der Waals surface area contributed by atoms with Gasteiger partial charge >= 0.3 is 0 Å². The Morgan fingerprint density at radius 3 is 2.96 bits per heavy atom. The van der Waals surface area contributed by atoms with E-state index < -0.39 is 0 Å². The molecule has 0 aliphatic carbocycles. The highest BCUT2D eigenvalue weighted by molar-refractivity contribution is 5.84. The van der Waals surface area contributed by atoms with E-state index in [0.717, 1.165) is 54.6 Å². The number of aromatic nitrogens is 1. The van der Waals surface area contributed by atoms with E-state index in [-0.39, 0.29) is 11.7 Å². The zero-order valence-electron chi connectivity index (χ0n) is 13.6. The Balaban J connectivity index is 1.61. The quantitative estimate of drug-likeness (QED) is 0.925. The summed E-state index contributed by atoms with van der Waals surface area (Å²) in [6, 6.07) is 5.20. The number of amides is 1. The van der Waals surface area contributed by atoms with Crippen LogP contribution in [0.2, 0.25) is 0 Å². The molecule has 1 aromatic carbocycles. The van der Waals surface area contributed by atoms with Crippen LogP contribution < -0.4 is 0 Å². The van der Waals surface area contributed by atoms with E-state index >= 15 is 0 Å². The molecule has 5 heteroatoms. The Morgan fingerprint density at radius 2 is 2.13 bits per heavy atom. The van der Waals surface area contributed by atoms with Crippen molar-refractivity contribution in [1.82, 2.24) is 14.8 Å². The van der Waals surface area contributed by atoms with Crippen molar-refractivity contribution >= 4 is 16.8 Å². The van der Waals surface area contributed by atoms with E-state index in [0.29, 0.717) is 11.9 Å². The van der Waals surface area contributed by atoms with Crippen molar-refractivity contribution in [3.63, 3.8) is 0 Å². The van der Waals surface area contributed by atoms with Crippen LogP contribution >= 0.6 is 0 Å². The molecule has 1 amide bonds. The Kier molecular flexibility index (Phi) is 3.41. The maximum absolute atomic E-state index is 13.5. The normalized spacial score (nSPS) is 25.3. The zero-order chi connectivity index (χ0) is 16.1. The number of nitrogens with zero attached hydrogens (tertiary/aromatic N) is 2. The molecule has 4 heterocycles. The summed E-state index contributed by atoms with van der Waals surface area (Å²) in [4.78, 5) is 20.0. The number of H-pyrrole nitrogens is 1. The minimum absolute atomic E-state index is 0.126. The zero-order valence-corrected chi connectivity index (χ0v) is 13.6. The lowest BCUT2D eigenvalue weighted by molar-refractivity contribution is -0.138. The smallest absolute Gasteiger partial charge is 0.227 e. The second-order valence-electron chi connectivity index (χ2n) is 6.99. The molecule has 3 saturated heterocycles. The first-order valence-corrected chi connectivity index (χ1v) is 8.28. The van der Waals surface area contributed by atoms with E-state index in [2.05, 4.69) is 9.88 Å². The van der Waals surface area contributed by atoms with Crippen LogP contribution in [0.25, 0.3) is 10.9 Å². The van der Waals surface area contributed by atoms with Crippen molar-refractivity contribution in [2.24, 2.45) is 5.92 Å². The van der Waals surface area contributed by atoms with Gasteiger partial charge in [-0.15, -0.1) is 0 Å². The summed E-state index contributed by atoms with van der Waals surface area (Å²) in [5.41, 5.74) is 3.21. The average Bonchev–Trinajstić information content (AvgIpc) is 2.68. The molecule has 122 valence electrons. The maximum atomic E-state index is 13.5. The van der Waals surface area contributed by atoms with Gasteiger partial charge in [0.15, 0.2) is 0 Å². The van der Waals surface area contributed by atoms with Crippen LogP contribution in [0.5, 0.6) is 0 Å². The number of likely N-dealkylation sites (N-methyl/N-ethyl adjacent to an activating group) is 1. The van der Waals surface area contributed by atoms with E-state index in [1.165, 1.54) is 6.07 Å². The lowest BCUT2D eigenvalue weighted by Gasteiger charge is -2.32. The predicted molar refractivity (Wildman–Crippen MR) is 87.6 cm³/mol. The number of fused-ring (bicyclic) bond motifs is 5. The van der Waals surface area contributed by atoms with Gasteiger partial charge in [0.2, 0.25) is 5.91 Å². The Bertz CT molecular complexity index is 769. The third-order valence-corrected chi connectivity index (χ3v) is 5.55. The number of nitrogens with one attached hydrogen (secondary N) is 1. The number of halogens is 1. The van der Waals surface area contributed by atoms with Crippen molar-refractivity contribution in [3.05, 3.63) is 35.3 Å². The number of hydrogen-bond acceptors (Lipinski definition) is 2. The Morgan fingerprint density at radius 1 is 1.30 bits per heavy atom. The van der Waals surface area contributed by atoms with E-state index in [4.69, 9.17) is 0 Å². The van der Waals surface area contributed by atoms with Crippen LogP contribution in [0, 0.1) is 18.7 Å². The van der Waals surface area contributed by atoms with Gasteiger partial charge in [0.05, 0.1) is 5.92 Å². The number of hydrogen-bond donors (Lipinski definition) is 1. The van der Waals surface area contributed by atoms with Gasteiger partial charge in [-0.1, -0.05) is 0 Å². The number of aryl methyl sites for hydroxylation is 1. The number of aromatic amines is 1. The summed E-state index contributed by atoms with van der Waals surface area (Å²) in [5, 5.41) is 0.950. The molecule has 0 radical (unpaired) electrons. The van der Waals surface area contributed by atoms with Crippen LogP contribution in [-0.4, -0.2) is 46.9 Å². The summed E-state index contributed by atoms with van der Waals surface area (Å²) in [6.45, 7) is 4.57. The van der Waals surface area contributed by atoms with Crippen LogP contribution in [0.3, 0.4) is 0 Å². The molecule has 2 bridgehead atoms. The second-order valence-corrected chi connectivity index (χ2v) is 6.99. The average molecular weight is 315 g/mol. The van der Waals surface area contributed by atoms with Crippen molar-refractivity contribution in [3.8, 4) is 0 Å². The molecule has 1 aromatic heterocycles. The number of benzene rings is 1. The summed E-state index contributed by atoms with van der Waals surface area (Å²) < 4.78 is 13.5. The molecule has 0 saturated carbocycles. The summed E-state index contributed by atoms with van der Waals surface area (Å²) in [7, 11) is 1.93. The van der Waals surface area contributed by atoms with Crippen LogP contribution in [0.4, 0.5) is 4.39 Å². The molecular weight excluding hydrogens is 293 g/mol. The first kappa shape index (κ1) is 14.7. The monoisotopic (exact) mass is 315 g/mol. The topological polar surface area (TPSA) is 39.3 Å². The van der Waals surface area contributed by atoms with Gasteiger partial charge in [0.25, 0.3) is 0 Å². The second kappa shape index (κ2) is 5.34. The fraction of sp³-hybridized carbons (Fsp3) is 0.500. The van der Waals surface area contributed by atoms with Gasteiger partial charge in [0, 0.05) is 49.3 Å². The third kappa shape index (κ3) is 2.43. The lowest BCUT2D eigenvalue weighted by Crippen LogP contribution is -2.45. The molecule has 3 fully saturated rings. The fourth-order valence-electron chi connectivity index (χ4n) is 4.11. The number of carbonyl (C=O) groups excluding carboxylic acids is 1.